The zero-order valence-electron chi connectivity index (χ0n) is 10.7. The summed E-state index contributed by atoms with van der Waals surface area (Å²) in [7, 11) is 0. The molecule has 4 heteroatoms. The van der Waals surface area contributed by atoms with Crippen LogP contribution in [-0.4, -0.2) is 17.5 Å². The number of hydrogen-bond acceptors (Lipinski definition) is 2. The SMILES string of the molecule is CSC1CCCC1NC(C)c1ccc(F)c(Cl)c1. The van der Waals surface area contributed by atoms with Crippen LogP contribution in [-0.2, 0) is 0 Å². The van der Waals surface area contributed by atoms with E-state index in [0.717, 1.165) is 5.56 Å². The van der Waals surface area contributed by atoms with Crippen LogP contribution in [0.2, 0.25) is 5.02 Å². The zero-order valence-corrected chi connectivity index (χ0v) is 12.3. The standard InChI is InChI=1S/C14H19ClFNS/c1-9(10-6-7-12(16)11(15)8-10)17-13-4-3-5-14(13)18-2/h6-9,13-14,17H,3-5H2,1-2H3. The van der Waals surface area contributed by atoms with Crippen LogP contribution in [0.1, 0.15) is 37.8 Å². The molecule has 1 aliphatic rings. The maximum atomic E-state index is 13.1. The van der Waals surface area contributed by atoms with Crippen molar-refractivity contribution in [2.75, 3.05) is 6.26 Å². The predicted molar refractivity (Wildman–Crippen MR) is 77.9 cm³/mol. The Kier molecular flexibility index (Phi) is 4.93. The van der Waals surface area contributed by atoms with E-state index in [2.05, 4.69) is 18.5 Å². The van der Waals surface area contributed by atoms with E-state index >= 15 is 0 Å². The van der Waals surface area contributed by atoms with Crippen LogP contribution in [0.15, 0.2) is 18.2 Å². The minimum absolute atomic E-state index is 0.203. The summed E-state index contributed by atoms with van der Waals surface area (Å²) in [6.45, 7) is 2.11. The van der Waals surface area contributed by atoms with Crippen molar-refractivity contribution in [1.82, 2.24) is 5.32 Å². The fourth-order valence-corrected chi connectivity index (χ4v) is 3.73. The van der Waals surface area contributed by atoms with E-state index in [0.29, 0.717) is 11.3 Å². The Bertz CT molecular complexity index is 413. The van der Waals surface area contributed by atoms with Crippen molar-refractivity contribution in [2.45, 2.75) is 43.5 Å². The van der Waals surface area contributed by atoms with Gasteiger partial charge in [-0.25, -0.2) is 4.39 Å². The predicted octanol–water partition coefficient (Wildman–Crippen LogP) is 4.41. The summed E-state index contributed by atoms with van der Waals surface area (Å²) < 4.78 is 13.1. The first-order valence-electron chi connectivity index (χ1n) is 6.35. The van der Waals surface area contributed by atoms with Gasteiger partial charge in [-0.1, -0.05) is 24.1 Å². The average molecular weight is 288 g/mol. The summed E-state index contributed by atoms with van der Waals surface area (Å²) in [4.78, 5) is 0. The third-order valence-corrected chi connectivity index (χ3v) is 5.12. The molecule has 1 N–H and O–H groups in total. The molecular formula is C14H19ClFNS. The van der Waals surface area contributed by atoms with E-state index in [9.17, 15) is 4.39 Å². The third kappa shape index (κ3) is 3.19. The molecule has 2 rings (SSSR count). The first-order valence-corrected chi connectivity index (χ1v) is 8.02. The van der Waals surface area contributed by atoms with Gasteiger partial charge in [0.05, 0.1) is 5.02 Å². The molecule has 1 fully saturated rings. The van der Waals surface area contributed by atoms with Gasteiger partial charge < -0.3 is 5.32 Å². The maximum absolute atomic E-state index is 13.1. The number of rotatable bonds is 4. The van der Waals surface area contributed by atoms with Gasteiger partial charge in [0, 0.05) is 17.3 Å². The first kappa shape index (κ1) is 14.2. The highest BCUT2D eigenvalue weighted by molar-refractivity contribution is 7.99. The molecule has 0 aromatic heterocycles. The van der Waals surface area contributed by atoms with Gasteiger partial charge in [0.15, 0.2) is 0 Å². The number of benzene rings is 1. The Balaban J connectivity index is 2.02. The molecule has 1 aromatic rings. The second kappa shape index (κ2) is 6.27. The van der Waals surface area contributed by atoms with Crippen LogP contribution in [0.4, 0.5) is 4.39 Å². The van der Waals surface area contributed by atoms with Crippen LogP contribution in [0.25, 0.3) is 0 Å². The van der Waals surface area contributed by atoms with Gasteiger partial charge in [-0.3, -0.25) is 0 Å². The fourth-order valence-electron chi connectivity index (χ4n) is 2.60. The number of thioether (sulfide) groups is 1. The lowest BCUT2D eigenvalue weighted by atomic mass is 10.1. The van der Waals surface area contributed by atoms with E-state index in [1.54, 1.807) is 6.07 Å². The minimum atomic E-state index is -0.351. The molecule has 1 aliphatic carbocycles. The Labute approximate surface area is 117 Å². The number of nitrogens with one attached hydrogen (secondary N) is 1. The van der Waals surface area contributed by atoms with Crippen LogP contribution < -0.4 is 5.32 Å². The quantitative estimate of drug-likeness (QED) is 0.880. The monoisotopic (exact) mass is 287 g/mol. The smallest absolute Gasteiger partial charge is 0.141 e. The summed E-state index contributed by atoms with van der Waals surface area (Å²) in [6, 6.07) is 5.73. The molecule has 0 radical (unpaired) electrons. The topological polar surface area (TPSA) is 12.0 Å². The molecule has 1 saturated carbocycles. The summed E-state index contributed by atoms with van der Waals surface area (Å²) in [5, 5.41) is 4.54. The van der Waals surface area contributed by atoms with Gasteiger partial charge in [-0.05, 0) is 43.7 Å². The number of hydrogen-bond donors (Lipinski definition) is 1. The van der Waals surface area contributed by atoms with Crippen molar-refractivity contribution in [2.24, 2.45) is 0 Å². The van der Waals surface area contributed by atoms with E-state index in [1.807, 2.05) is 17.8 Å². The van der Waals surface area contributed by atoms with Crippen LogP contribution >= 0.6 is 23.4 Å². The molecular weight excluding hydrogens is 269 g/mol. The molecule has 1 nitrogen and oxygen atoms in total. The lowest BCUT2D eigenvalue weighted by molar-refractivity contribution is 0.467. The number of halogens is 2. The van der Waals surface area contributed by atoms with Crippen LogP contribution in [0.3, 0.4) is 0 Å². The molecule has 0 amide bonds. The minimum Gasteiger partial charge on any atom is -0.306 e. The van der Waals surface area contributed by atoms with Gasteiger partial charge in [-0.15, -0.1) is 0 Å². The largest absolute Gasteiger partial charge is 0.306 e. The summed E-state index contributed by atoms with van der Waals surface area (Å²) in [5.41, 5.74) is 1.05. The van der Waals surface area contributed by atoms with E-state index < -0.39 is 0 Å². The second-order valence-corrected chi connectivity index (χ2v) is 6.36. The fraction of sp³-hybridized carbons (Fsp3) is 0.571. The molecule has 1 aromatic carbocycles. The lowest BCUT2D eigenvalue weighted by Crippen LogP contribution is -2.35. The highest BCUT2D eigenvalue weighted by Crippen LogP contribution is 2.30. The third-order valence-electron chi connectivity index (χ3n) is 3.66. The molecule has 3 atom stereocenters. The maximum Gasteiger partial charge on any atom is 0.141 e. The average Bonchev–Trinajstić information content (AvgIpc) is 2.79. The highest BCUT2D eigenvalue weighted by atomic mass is 35.5. The summed E-state index contributed by atoms with van der Waals surface area (Å²) in [6.07, 6.45) is 5.98. The van der Waals surface area contributed by atoms with Crippen molar-refractivity contribution in [3.63, 3.8) is 0 Å². The van der Waals surface area contributed by atoms with Crippen molar-refractivity contribution in [3.05, 3.63) is 34.6 Å². The van der Waals surface area contributed by atoms with Gasteiger partial charge in [0.2, 0.25) is 0 Å². The highest BCUT2D eigenvalue weighted by Gasteiger charge is 2.27. The molecule has 0 aliphatic heterocycles. The van der Waals surface area contributed by atoms with Crippen molar-refractivity contribution < 1.29 is 4.39 Å². The van der Waals surface area contributed by atoms with Crippen molar-refractivity contribution in [3.8, 4) is 0 Å². The molecule has 0 bridgehead atoms. The van der Waals surface area contributed by atoms with Gasteiger partial charge in [-0.2, -0.15) is 11.8 Å². The van der Waals surface area contributed by atoms with E-state index in [-0.39, 0.29) is 16.9 Å². The molecule has 3 unspecified atom stereocenters. The van der Waals surface area contributed by atoms with Crippen molar-refractivity contribution in [1.29, 1.82) is 0 Å². The van der Waals surface area contributed by atoms with E-state index in [4.69, 9.17) is 11.6 Å². The lowest BCUT2D eigenvalue weighted by Gasteiger charge is -2.24. The molecule has 0 heterocycles. The Hall–Kier alpha value is -0.250. The summed E-state index contributed by atoms with van der Waals surface area (Å²) >= 11 is 7.76. The molecule has 18 heavy (non-hydrogen) atoms. The Morgan fingerprint density at radius 3 is 2.89 bits per heavy atom. The van der Waals surface area contributed by atoms with Gasteiger partial charge in [0.1, 0.15) is 5.82 Å². The normalized spacial score (nSPS) is 25.3. The van der Waals surface area contributed by atoms with Crippen LogP contribution in [0.5, 0.6) is 0 Å². The Morgan fingerprint density at radius 2 is 2.22 bits per heavy atom. The van der Waals surface area contributed by atoms with Gasteiger partial charge in [0.25, 0.3) is 0 Å². The summed E-state index contributed by atoms with van der Waals surface area (Å²) in [5.74, 6) is -0.351. The van der Waals surface area contributed by atoms with Crippen LogP contribution in [0, 0.1) is 5.82 Å². The van der Waals surface area contributed by atoms with E-state index in [1.165, 1.54) is 25.3 Å². The molecule has 0 saturated heterocycles. The van der Waals surface area contributed by atoms with Gasteiger partial charge >= 0.3 is 0 Å². The Morgan fingerprint density at radius 1 is 1.44 bits per heavy atom. The zero-order chi connectivity index (χ0) is 13.1. The molecule has 0 spiro atoms. The molecule has 100 valence electrons. The van der Waals surface area contributed by atoms with Crippen molar-refractivity contribution >= 4 is 23.4 Å². The first-order chi connectivity index (χ1) is 8.61. The second-order valence-electron chi connectivity index (χ2n) is 4.87.